The van der Waals surface area contributed by atoms with Crippen molar-refractivity contribution in [1.82, 2.24) is 0 Å². The minimum Gasteiger partial charge on any atom is -0.211 e. The molecule has 0 amide bonds. The molecule has 0 aliphatic heterocycles. The van der Waals surface area contributed by atoms with Gasteiger partial charge in [0.05, 0.1) is 11.1 Å². The van der Waals surface area contributed by atoms with E-state index in [4.69, 9.17) is 0 Å². The Kier molecular flexibility index (Phi) is 3.38. The lowest BCUT2D eigenvalue weighted by Crippen LogP contribution is -2.17. The van der Waals surface area contributed by atoms with Crippen LogP contribution in [0.1, 0.15) is 25.0 Å². The van der Waals surface area contributed by atoms with Crippen LogP contribution >= 0.6 is 0 Å². The number of benzene rings is 1. The van der Waals surface area contributed by atoms with Gasteiger partial charge in [-0.15, -0.1) is 0 Å². The molecule has 0 N–H and O–H groups in total. The van der Waals surface area contributed by atoms with Gasteiger partial charge in [-0.05, 0) is 32.0 Å². The van der Waals surface area contributed by atoms with Crippen molar-refractivity contribution in [3.63, 3.8) is 0 Å². The van der Waals surface area contributed by atoms with Gasteiger partial charge < -0.3 is 0 Å². The average Bonchev–Trinajstić information content (AvgIpc) is 2.15. The summed E-state index contributed by atoms with van der Waals surface area (Å²) in [5, 5.41) is 0. The van der Waals surface area contributed by atoms with Crippen LogP contribution in [0.15, 0.2) is 23.2 Å². The third-order valence-corrected chi connectivity index (χ3v) is 2.28. The molecule has 6 heteroatoms. The average molecular weight is 247 g/mol. The SMILES string of the molecule is CC(C)(N=C=O)c1cc(C(F)(F)F)ccc1F. The van der Waals surface area contributed by atoms with Gasteiger partial charge in [0.25, 0.3) is 0 Å². The van der Waals surface area contributed by atoms with Crippen LogP contribution in [-0.2, 0) is 16.5 Å². The molecule has 0 saturated carbocycles. The molecule has 1 rings (SSSR count). The molecule has 0 saturated heterocycles. The zero-order valence-electron chi connectivity index (χ0n) is 9.10. The number of halogens is 4. The molecule has 0 aromatic heterocycles. The Morgan fingerprint density at radius 1 is 1.24 bits per heavy atom. The fourth-order valence-electron chi connectivity index (χ4n) is 1.34. The minimum absolute atomic E-state index is 0.296. The molecule has 17 heavy (non-hydrogen) atoms. The van der Waals surface area contributed by atoms with Crippen molar-refractivity contribution < 1.29 is 22.4 Å². The van der Waals surface area contributed by atoms with E-state index < -0.39 is 23.1 Å². The van der Waals surface area contributed by atoms with E-state index in [2.05, 4.69) is 4.99 Å². The zero-order valence-corrected chi connectivity index (χ0v) is 9.10. The zero-order chi connectivity index (χ0) is 13.3. The first-order chi connectivity index (χ1) is 7.68. The summed E-state index contributed by atoms with van der Waals surface area (Å²) >= 11 is 0. The Morgan fingerprint density at radius 2 is 1.82 bits per heavy atom. The van der Waals surface area contributed by atoms with Gasteiger partial charge in [-0.25, -0.2) is 9.18 Å². The highest BCUT2D eigenvalue weighted by molar-refractivity contribution is 5.39. The van der Waals surface area contributed by atoms with Gasteiger partial charge in [-0.1, -0.05) is 0 Å². The molecule has 2 nitrogen and oxygen atoms in total. The Balaban J connectivity index is 3.39. The van der Waals surface area contributed by atoms with Crippen molar-refractivity contribution in [2.75, 3.05) is 0 Å². The van der Waals surface area contributed by atoms with Crippen molar-refractivity contribution in [3.05, 3.63) is 35.1 Å². The van der Waals surface area contributed by atoms with Crippen molar-refractivity contribution in [3.8, 4) is 0 Å². The number of aliphatic imine (C=N–C) groups is 1. The van der Waals surface area contributed by atoms with Crippen LogP contribution in [0.5, 0.6) is 0 Å². The largest absolute Gasteiger partial charge is 0.416 e. The summed E-state index contributed by atoms with van der Waals surface area (Å²) < 4.78 is 50.7. The Hall–Kier alpha value is -1.68. The molecule has 0 spiro atoms. The number of carbonyl (C=O) groups excluding carboxylic acids is 1. The summed E-state index contributed by atoms with van der Waals surface area (Å²) in [5.41, 5.74) is -2.66. The maximum absolute atomic E-state index is 13.4. The lowest BCUT2D eigenvalue weighted by Gasteiger charge is -2.20. The molecule has 1 aromatic rings. The maximum Gasteiger partial charge on any atom is 0.416 e. The first-order valence-corrected chi connectivity index (χ1v) is 4.65. The summed E-state index contributed by atoms with van der Waals surface area (Å²) in [4.78, 5) is 13.4. The summed E-state index contributed by atoms with van der Waals surface area (Å²) in [6.07, 6.45) is -3.35. The number of alkyl halides is 3. The molecule has 0 bridgehead atoms. The number of hydrogen-bond donors (Lipinski definition) is 0. The molecule has 0 radical (unpaired) electrons. The molecule has 1 aromatic carbocycles. The van der Waals surface area contributed by atoms with Crippen LogP contribution in [0.2, 0.25) is 0 Å². The summed E-state index contributed by atoms with van der Waals surface area (Å²) in [6.45, 7) is 2.66. The highest BCUT2D eigenvalue weighted by Crippen LogP contribution is 2.34. The Bertz CT molecular complexity index is 473. The third-order valence-electron chi connectivity index (χ3n) is 2.28. The van der Waals surface area contributed by atoms with Crippen LogP contribution in [0.3, 0.4) is 0 Å². The van der Waals surface area contributed by atoms with Gasteiger partial charge in [-0.2, -0.15) is 18.2 Å². The summed E-state index contributed by atoms with van der Waals surface area (Å²) in [6, 6.07) is 2.00. The number of isocyanates is 1. The van der Waals surface area contributed by atoms with Crippen LogP contribution < -0.4 is 0 Å². The number of nitrogens with zero attached hydrogens (tertiary/aromatic N) is 1. The minimum atomic E-state index is -4.57. The van der Waals surface area contributed by atoms with E-state index in [1.165, 1.54) is 19.9 Å². The van der Waals surface area contributed by atoms with E-state index >= 15 is 0 Å². The fraction of sp³-hybridized carbons (Fsp3) is 0.364. The second-order valence-electron chi connectivity index (χ2n) is 3.95. The lowest BCUT2D eigenvalue weighted by atomic mass is 9.93. The van der Waals surface area contributed by atoms with E-state index in [1.54, 1.807) is 0 Å². The van der Waals surface area contributed by atoms with Crippen molar-refractivity contribution in [1.29, 1.82) is 0 Å². The molecule has 0 atom stereocenters. The van der Waals surface area contributed by atoms with Gasteiger partial charge in [0, 0.05) is 5.56 Å². The predicted octanol–water partition coefficient (Wildman–Crippen LogP) is 3.42. The molecule has 0 unspecified atom stereocenters. The van der Waals surface area contributed by atoms with Gasteiger partial charge >= 0.3 is 6.18 Å². The summed E-state index contributed by atoms with van der Waals surface area (Å²) in [5.74, 6) is -0.845. The second kappa shape index (κ2) is 4.30. The standard InChI is InChI=1S/C11H9F4NO/c1-10(2,16-6-17)8-5-7(11(13,14)15)3-4-9(8)12/h3-5H,1-2H3. The third kappa shape index (κ3) is 2.91. The normalized spacial score (nSPS) is 12.1. The first-order valence-electron chi connectivity index (χ1n) is 4.65. The van der Waals surface area contributed by atoms with E-state index in [0.717, 1.165) is 0 Å². The topological polar surface area (TPSA) is 29.4 Å². The lowest BCUT2D eigenvalue weighted by molar-refractivity contribution is -0.137. The van der Waals surface area contributed by atoms with E-state index in [1.807, 2.05) is 0 Å². The maximum atomic E-state index is 13.4. The fourth-order valence-corrected chi connectivity index (χ4v) is 1.34. The van der Waals surface area contributed by atoms with E-state index in [9.17, 15) is 22.4 Å². The van der Waals surface area contributed by atoms with Crippen LogP contribution in [-0.4, -0.2) is 6.08 Å². The van der Waals surface area contributed by atoms with Crippen molar-refractivity contribution in [2.45, 2.75) is 25.6 Å². The first kappa shape index (κ1) is 13.4. The van der Waals surface area contributed by atoms with Gasteiger partial charge in [0.15, 0.2) is 0 Å². The van der Waals surface area contributed by atoms with Crippen LogP contribution in [0.4, 0.5) is 17.6 Å². The van der Waals surface area contributed by atoms with Crippen molar-refractivity contribution in [2.24, 2.45) is 4.99 Å². The highest BCUT2D eigenvalue weighted by atomic mass is 19.4. The molecular weight excluding hydrogens is 238 g/mol. The molecule has 0 heterocycles. The van der Waals surface area contributed by atoms with Crippen LogP contribution in [0, 0.1) is 5.82 Å². The Morgan fingerprint density at radius 3 is 2.29 bits per heavy atom. The number of hydrogen-bond acceptors (Lipinski definition) is 2. The van der Waals surface area contributed by atoms with Gasteiger partial charge in [-0.3, -0.25) is 0 Å². The highest BCUT2D eigenvalue weighted by Gasteiger charge is 2.33. The second-order valence-corrected chi connectivity index (χ2v) is 3.95. The molecule has 0 aliphatic rings. The molecule has 0 aliphatic carbocycles. The van der Waals surface area contributed by atoms with Gasteiger partial charge in [0.2, 0.25) is 6.08 Å². The van der Waals surface area contributed by atoms with E-state index in [0.29, 0.717) is 18.2 Å². The van der Waals surface area contributed by atoms with Crippen LogP contribution in [0.25, 0.3) is 0 Å². The summed E-state index contributed by atoms with van der Waals surface area (Å²) in [7, 11) is 0. The quantitative estimate of drug-likeness (QED) is 0.447. The number of rotatable bonds is 2. The Labute approximate surface area is 95.0 Å². The predicted molar refractivity (Wildman–Crippen MR) is 52.5 cm³/mol. The molecule has 0 fully saturated rings. The monoisotopic (exact) mass is 247 g/mol. The van der Waals surface area contributed by atoms with Gasteiger partial charge in [0.1, 0.15) is 5.82 Å². The smallest absolute Gasteiger partial charge is 0.211 e. The van der Waals surface area contributed by atoms with E-state index in [-0.39, 0.29) is 5.56 Å². The molecule has 92 valence electrons. The van der Waals surface area contributed by atoms with Crippen molar-refractivity contribution >= 4 is 6.08 Å². The molecular formula is C11H9F4NO.